The Labute approximate surface area is 177 Å². The van der Waals surface area contributed by atoms with Gasteiger partial charge in [0.1, 0.15) is 23.9 Å². The molecule has 2 fully saturated rings. The number of nitrogens with zero attached hydrogens (tertiary/aromatic N) is 2. The van der Waals surface area contributed by atoms with Crippen LogP contribution in [0.15, 0.2) is 48.2 Å². The number of imide groups is 1. The molecule has 0 saturated carbocycles. The summed E-state index contributed by atoms with van der Waals surface area (Å²) in [5.74, 6) is -2.49. The molecule has 0 spiro atoms. The molecule has 0 aromatic heterocycles. The van der Waals surface area contributed by atoms with Gasteiger partial charge in [-0.25, -0.2) is 18.5 Å². The summed E-state index contributed by atoms with van der Waals surface area (Å²) in [7, 11) is 0. The van der Waals surface area contributed by atoms with Gasteiger partial charge in [0.25, 0.3) is 5.91 Å². The Kier molecular flexibility index (Phi) is 5.66. The van der Waals surface area contributed by atoms with Crippen LogP contribution in [0.2, 0.25) is 0 Å². The molecule has 4 rings (SSSR count). The van der Waals surface area contributed by atoms with E-state index < -0.39 is 36.0 Å². The van der Waals surface area contributed by atoms with Gasteiger partial charge < -0.3 is 15.5 Å². The molecule has 160 valence electrons. The van der Waals surface area contributed by atoms with Crippen molar-refractivity contribution in [2.24, 2.45) is 0 Å². The Balaban J connectivity index is 1.45. The average Bonchev–Trinajstić information content (AvgIpc) is 3.35. The minimum absolute atomic E-state index is 0.0520. The van der Waals surface area contributed by atoms with Crippen LogP contribution in [-0.4, -0.2) is 42.4 Å². The highest BCUT2D eigenvalue weighted by Gasteiger charge is 2.35. The van der Waals surface area contributed by atoms with Crippen molar-refractivity contribution >= 4 is 35.3 Å². The molecule has 0 bridgehead atoms. The van der Waals surface area contributed by atoms with E-state index in [1.165, 1.54) is 30.3 Å². The summed E-state index contributed by atoms with van der Waals surface area (Å²) in [5, 5.41) is 4.71. The predicted octanol–water partition coefficient (Wildman–Crippen LogP) is 3.10. The number of anilines is 2. The van der Waals surface area contributed by atoms with Crippen molar-refractivity contribution in [2.45, 2.75) is 12.8 Å². The van der Waals surface area contributed by atoms with Gasteiger partial charge >= 0.3 is 6.03 Å². The minimum Gasteiger partial charge on any atom is -0.369 e. The molecule has 2 heterocycles. The van der Waals surface area contributed by atoms with E-state index in [2.05, 4.69) is 10.6 Å². The topological polar surface area (TPSA) is 81.8 Å². The van der Waals surface area contributed by atoms with Crippen LogP contribution in [0.4, 0.5) is 25.0 Å². The van der Waals surface area contributed by atoms with Crippen molar-refractivity contribution in [1.82, 2.24) is 10.2 Å². The average molecular weight is 426 g/mol. The lowest BCUT2D eigenvalue weighted by molar-refractivity contribution is -0.127. The third-order valence-corrected chi connectivity index (χ3v) is 5.14. The van der Waals surface area contributed by atoms with E-state index in [-0.39, 0.29) is 11.4 Å². The molecule has 7 nitrogen and oxygen atoms in total. The van der Waals surface area contributed by atoms with Crippen molar-refractivity contribution in [3.05, 3.63) is 65.4 Å². The molecule has 2 saturated heterocycles. The fraction of sp³-hybridized carbons (Fsp3) is 0.227. The predicted molar refractivity (Wildman–Crippen MR) is 111 cm³/mol. The van der Waals surface area contributed by atoms with E-state index in [0.717, 1.165) is 25.9 Å². The molecule has 4 amide bonds. The third-order valence-electron chi connectivity index (χ3n) is 5.14. The number of nitrogens with one attached hydrogen (secondary N) is 2. The monoisotopic (exact) mass is 426 g/mol. The second-order valence-electron chi connectivity index (χ2n) is 7.31. The molecule has 9 heteroatoms. The molecule has 2 aliphatic heterocycles. The Morgan fingerprint density at radius 2 is 1.81 bits per heavy atom. The third kappa shape index (κ3) is 4.40. The molecular weight excluding hydrogens is 406 g/mol. The first-order valence-corrected chi connectivity index (χ1v) is 9.86. The van der Waals surface area contributed by atoms with Gasteiger partial charge in [0.2, 0.25) is 5.91 Å². The van der Waals surface area contributed by atoms with Crippen LogP contribution in [0.3, 0.4) is 0 Å². The smallest absolute Gasteiger partial charge is 0.329 e. The van der Waals surface area contributed by atoms with Crippen molar-refractivity contribution in [1.29, 1.82) is 0 Å². The highest BCUT2D eigenvalue weighted by Crippen LogP contribution is 2.25. The first-order valence-electron chi connectivity index (χ1n) is 9.86. The number of urea groups is 1. The lowest BCUT2D eigenvalue weighted by Gasteiger charge is -2.18. The van der Waals surface area contributed by atoms with Crippen molar-refractivity contribution in [3.63, 3.8) is 0 Å². The Morgan fingerprint density at radius 1 is 1.06 bits per heavy atom. The maximum absolute atomic E-state index is 14.5. The van der Waals surface area contributed by atoms with Gasteiger partial charge in [0.15, 0.2) is 0 Å². The van der Waals surface area contributed by atoms with Crippen molar-refractivity contribution in [2.75, 3.05) is 29.9 Å². The summed E-state index contributed by atoms with van der Waals surface area (Å²) in [6, 6.07) is 9.39. The van der Waals surface area contributed by atoms with E-state index in [1.54, 1.807) is 18.2 Å². The van der Waals surface area contributed by atoms with Crippen molar-refractivity contribution < 1.29 is 23.2 Å². The largest absolute Gasteiger partial charge is 0.369 e. The lowest BCUT2D eigenvalue weighted by Crippen LogP contribution is -2.38. The zero-order valence-corrected chi connectivity index (χ0v) is 16.5. The molecule has 2 aromatic rings. The summed E-state index contributed by atoms with van der Waals surface area (Å²) in [6.45, 7) is 1.02. The van der Waals surface area contributed by atoms with Crippen molar-refractivity contribution in [3.8, 4) is 0 Å². The second kappa shape index (κ2) is 8.55. The minimum atomic E-state index is -0.783. The van der Waals surface area contributed by atoms with Crippen LogP contribution in [0, 0.1) is 11.6 Å². The van der Waals surface area contributed by atoms with E-state index >= 15 is 0 Å². The summed E-state index contributed by atoms with van der Waals surface area (Å²) in [6.07, 6.45) is 3.39. The molecule has 2 N–H and O–H groups in total. The molecular formula is C22H20F2N4O3. The number of para-hydroxylation sites is 1. The van der Waals surface area contributed by atoms with Crippen LogP contribution in [0.1, 0.15) is 18.4 Å². The molecule has 2 aliphatic rings. The van der Waals surface area contributed by atoms with Crippen LogP contribution in [-0.2, 0) is 9.59 Å². The van der Waals surface area contributed by atoms with Gasteiger partial charge in [0, 0.05) is 13.1 Å². The summed E-state index contributed by atoms with van der Waals surface area (Å²) < 4.78 is 28.2. The molecule has 0 atom stereocenters. The standard InChI is InChI=1S/C22H20F2N4O3/c23-15-5-1-2-6-17(15)25-20(29)13-28-21(30)18(26-22(28)31)12-14-7-8-19(16(24)11-14)27-9-3-4-10-27/h1-2,5-8,11-12H,3-4,9-10,13H2,(H,25,29)(H,26,31)/b18-12-. The number of carbonyl (C=O) groups is 3. The van der Waals surface area contributed by atoms with Crippen LogP contribution in [0.5, 0.6) is 0 Å². The van der Waals surface area contributed by atoms with E-state index in [4.69, 9.17) is 0 Å². The number of rotatable bonds is 5. The lowest BCUT2D eigenvalue weighted by atomic mass is 10.1. The van der Waals surface area contributed by atoms with E-state index in [9.17, 15) is 23.2 Å². The van der Waals surface area contributed by atoms with Gasteiger partial charge in [-0.1, -0.05) is 18.2 Å². The first kappa shape index (κ1) is 20.5. The Morgan fingerprint density at radius 3 is 2.52 bits per heavy atom. The zero-order valence-electron chi connectivity index (χ0n) is 16.5. The van der Waals surface area contributed by atoms with Gasteiger partial charge in [-0.3, -0.25) is 9.59 Å². The highest BCUT2D eigenvalue weighted by molar-refractivity contribution is 6.15. The molecule has 0 aliphatic carbocycles. The van der Waals surface area contributed by atoms with Gasteiger partial charge in [-0.05, 0) is 48.7 Å². The highest BCUT2D eigenvalue weighted by atomic mass is 19.1. The fourth-order valence-corrected chi connectivity index (χ4v) is 3.61. The summed E-state index contributed by atoms with van der Waals surface area (Å²) >= 11 is 0. The molecule has 0 unspecified atom stereocenters. The van der Waals surface area contributed by atoms with Gasteiger partial charge in [-0.15, -0.1) is 0 Å². The maximum Gasteiger partial charge on any atom is 0.329 e. The Bertz CT molecular complexity index is 1080. The second-order valence-corrected chi connectivity index (χ2v) is 7.31. The van der Waals surface area contributed by atoms with Crippen LogP contribution in [0.25, 0.3) is 6.08 Å². The number of hydrogen-bond donors (Lipinski definition) is 2. The van der Waals surface area contributed by atoms with Gasteiger partial charge in [0.05, 0.1) is 11.4 Å². The number of carbonyl (C=O) groups excluding carboxylic acids is 3. The van der Waals surface area contributed by atoms with E-state index in [1.807, 2.05) is 4.90 Å². The summed E-state index contributed by atoms with van der Waals surface area (Å²) in [5.41, 5.74) is 0.788. The first-order chi connectivity index (χ1) is 14.9. The number of benzene rings is 2. The van der Waals surface area contributed by atoms with E-state index in [0.29, 0.717) is 16.2 Å². The Hall–Kier alpha value is -3.75. The fourth-order valence-electron chi connectivity index (χ4n) is 3.61. The number of amides is 4. The summed E-state index contributed by atoms with van der Waals surface area (Å²) in [4.78, 5) is 39.5. The number of hydrogen-bond acceptors (Lipinski definition) is 4. The molecule has 31 heavy (non-hydrogen) atoms. The normalized spacial score (nSPS) is 17.4. The van der Waals surface area contributed by atoms with Crippen LogP contribution >= 0.6 is 0 Å². The quantitative estimate of drug-likeness (QED) is 0.569. The zero-order chi connectivity index (χ0) is 22.0. The number of halogens is 2. The molecule has 0 radical (unpaired) electrons. The van der Waals surface area contributed by atoms with Crippen LogP contribution < -0.4 is 15.5 Å². The molecule has 2 aromatic carbocycles. The SMILES string of the molecule is O=C(CN1C(=O)N/C(=C\c2ccc(N3CCCC3)c(F)c2)C1=O)Nc1ccccc1F. The maximum atomic E-state index is 14.5. The van der Waals surface area contributed by atoms with Gasteiger partial charge in [-0.2, -0.15) is 0 Å².